The van der Waals surface area contributed by atoms with Crippen LogP contribution in [-0.2, 0) is 4.74 Å². The number of nitrogens with one attached hydrogen (secondary N) is 1. The summed E-state index contributed by atoms with van der Waals surface area (Å²) in [6, 6.07) is 7.43. The molecule has 0 aliphatic carbocycles. The molecular weight excluding hydrogens is 268 g/mol. The van der Waals surface area contributed by atoms with E-state index in [9.17, 15) is 10.2 Å². The standard InChI is InChI=1S/C12H14N2O4S/c15-5-8-9(16)10(17)11(18-8)14-7-4-2-1-3-6(7)13-12(14)19/h1-4,8-11,15-17H,5H2,(H,13,19)/t8-,9+,10-,11-/m0/s1. The zero-order chi connectivity index (χ0) is 13.6. The molecule has 1 aliphatic rings. The van der Waals surface area contributed by atoms with E-state index in [1.807, 2.05) is 24.3 Å². The fourth-order valence-electron chi connectivity index (χ4n) is 2.42. The predicted molar refractivity (Wildman–Crippen MR) is 70.1 cm³/mol. The predicted octanol–water partition coefficient (Wildman–Crippen LogP) is 0.310. The van der Waals surface area contributed by atoms with E-state index in [-0.39, 0.29) is 6.61 Å². The highest BCUT2D eigenvalue weighted by Crippen LogP contribution is 2.32. The Kier molecular flexibility index (Phi) is 3.15. The highest BCUT2D eigenvalue weighted by molar-refractivity contribution is 7.71. The van der Waals surface area contributed by atoms with Crippen LogP contribution in [0.1, 0.15) is 6.23 Å². The Morgan fingerprint density at radius 1 is 1.26 bits per heavy atom. The van der Waals surface area contributed by atoms with Crippen molar-refractivity contribution in [3.8, 4) is 0 Å². The maximum atomic E-state index is 10.0. The molecule has 3 rings (SSSR count). The van der Waals surface area contributed by atoms with Crippen molar-refractivity contribution in [2.24, 2.45) is 0 Å². The van der Waals surface area contributed by atoms with Gasteiger partial charge in [0.05, 0.1) is 17.6 Å². The molecule has 1 fully saturated rings. The van der Waals surface area contributed by atoms with Crippen LogP contribution in [0.4, 0.5) is 0 Å². The molecule has 1 aromatic heterocycles. The molecule has 2 heterocycles. The monoisotopic (exact) mass is 282 g/mol. The number of aliphatic hydroxyl groups excluding tert-OH is 3. The molecule has 6 nitrogen and oxygen atoms in total. The van der Waals surface area contributed by atoms with Gasteiger partial charge < -0.3 is 25.0 Å². The normalized spacial score (nSPS) is 31.1. The Morgan fingerprint density at radius 2 is 2.00 bits per heavy atom. The summed E-state index contributed by atoms with van der Waals surface area (Å²) >= 11 is 5.23. The first-order chi connectivity index (χ1) is 9.13. The lowest BCUT2D eigenvalue weighted by atomic mass is 10.1. The average molecular weight is 282 g/mol. The highest BCUT2D eigenvalue weighted by Gasteiger charge is 2.43. The molecule has 0 unspecified atom stereocenters. The number of rotatable bonds is 2. The number of benzene rings is 1. The molecule has 0 bridgehead atoms. The maximum Gasteiger partial charge on any atom is 0.180 e. The minimum atomic E-state index is -1.14. The fraction of sp³-hybridized carbons (Fsp3) is 0.417. The van der Waals surface area contributed by atoms with Gasteiger partial charge in [-0.15, -0.1) is 0 Å². The van der Waals surface area contributed by atoms with Crippen molar-refractivity contribution in [2.75, 3.05) is 6.61 Å². The molecule has 0 spiro atoms. The van der Waals surface area contributed by atoms with E-state index in [1.54, 1.807) is 4.57 Å². The summed E-state index contributed by atoms with van der Waals surface area (Å²) in [5.41, 5.74) is 1.60. The van der Waals surface area contributed by atoms with Gasteiger partial charge in [0.15, 0.2) is 11.0 Å². The van der Waals surface area contributed by atoms with Crippen molar-refractivity contribution in [3.63, 3.8) is 0 Å². The first-order valence-corrected chi connectivity index (χ1v) is 6.36. The van der Waals surface area contributed by atoms with Crippen molar-refractivity contribution in [1.29, 1.82) is 0 Å². The van der Waals surface area contributed by atoms with Crippen LogP contribution in [0.2, 0.25) is 0 Å². The second kappa shape index (κ2) is 4.69. The van der Waals surface area contributed by atoms with Crippen molar-refractivity contribution < 1.29 is 20.1 Å². The highest BCUT2D eigenvalue weighted by atomic mass is 32.1. The summed E-state index contributed by atoms with van der Waals surface area (Å²) < 4.78 is 7.51. The number of aromatic amines is 1. The van der Waals surface area contributed by atoms with E-state index >= 15 is 0 Å². The van der Waals surface area contributed by atoms with E-state index in [0.29, 0.717) is 4.77 Å². The summed E-state index contributed by atoms with van der Waals surface area (Å²) in [6.45, 7) is -0.357. The van der Waals surface area contributed by atoms with E-state index in [4.69, 9.17) is 22.1 Å². The van der Waals surface area contributed by atoms with Crippen LogP contribution in [-0.4, -0.2) is 49.8 Å². The Morgan fingerprint density at radius 3 is 2.68 bits per heavy atom. The third-order valence-electron chi connectivity index (χ3n) is 3.40. The third kappa shape index (κ3) is 1.90. The van der Waals surface area contributed by atoms with E-state index in [0.717, 1.165) is 11.0 Å². The Balaban J connectivity index is 2.10. The third-order valence-corrected chi connectivity index (χ3v) is 3.69. The molecule has 7 heteroatoms. The van der Waals surface area contributed by atoms with Gasteiger partial charge in [0, 0.05) is 0 Å². The van der Waals surface area contributed by atoms with Gasteiger partial charge in [-0.05, 0) is 24.4 Å². The molecule has 1 aliphatic heterocycles. The van der Waals surface area contributed by atoms with Gasteiger partial charge in [-0.25, -0.2) is 0 Å². The van der Waals surface area contributed by atoms with Gasteiger partial charge in [-0.1, -0.05) is 12.1 Å². The summed E-state index contributed by atoms with van der Waals surface area (Å²) in [7, 11) is 0. The smallest absolute Gasteiger partial charge is 0.180 e. The number of hydrogen-bond donors (Lipinski definition) is 4. The Bertz CT molecular complexity index is 652. The Hall–Kier alpha value is -1.25. The number of H-pyrrole nitrogens is 1. The SMILES string of the molecule is OC[C@@H]1O[C@H](n2c(=S)[nH]c3ccccc32)[C@@H](O)[C@@H]1O. The molecule has 1 saturated heterocycles. The number of aromatic nitrogens is 2. The zero-order valence-corrected chi connectivity index (χ0v) is 10.7. The first kappa shape index (κ1) is 12.8. The van der Waals surface area contributed by atoms with Crippen LogP contribution >= 0.6 is 12.2 Å². The summed E-state index contributed by atoms with van der Waals surface area (Å²) in [6.07, 6.45) is -3.89. The second-order valence-corrected chi connectivity index (χ2v) is 4.93. The number of aliphatic hydroxyl groups is 3. The van der Waals surface area contributed by atoms with E-state index in [1.165, 1.54) is 0 Å². The summed E-state index contributed by atoms with van der Waals surface area (Å²) in [4.78, 5) is 3.01. The topological polar surface area (TPSA) is 90.6 Å². The molecule has 0 amide bonds. The number of ether oxygens (including phenoxy) is 1. The van der Waals surface area contributed by atoms with Crippen molar-refractivity contribution >= 4 is 23.3 Å². The molecule has 2 aromatic rings. The first-order valence-electron chi connectivity index (χ1n) is 5.95. The van der Waals surface area contributed by atoms with E-state index in [2.05, 4.69) is 4.98 Å². The zero-order valence-electron chi connectivity index (χ0n) is 9.93. The number of fused-ring (bicyclic) bond motifs is 1. The molecule has 0 saturated carbocycles. The lowest BCUT2D eigenvalue weighted by molar-refractivity contribution is -0.0514. The minimum absolute atomic E-state index is 0.357. The van der Waals surface area contributed by atoms with Gasteiger partial charge in [0.25, 0.3) is 0 Å². The molecule has 0 radical (unpaired) electrons. The maximum absolute atomic E-state index is 10.0. The summed E-state index contributed by atoms with van der Waals surface area (Å²) in [5, 5.41) is 29.0. The van der Waals surface area contributed by atoms with Gasteiger partial charge in [-0.2, -0.15) is 0 Å². The molecular formula is C12H14N2O4S. The number of hydrogen-bond acceptors (Lipinski definition) is 5. The molecule has 102 valence electrons. The number of para-hydroxylation sites is 2. The lowest BCUT2D eigenvalue weighted by Crippen LogP contribution is -2.33. The van der Waals surface area contributed by atoms with Crippen LogP contribution in [0.5, 0.6) is 0 Å². The largest absolute Gasteiger partial charge is 0.394 e. The van der Waals surface area contributed by atoms with Crippen molar-refractivity contribution in [3.05, 3.63) is 29.0 Å². The lowest BCUT2D eigenvalue weighted by Gasteiger charge is -2.17. The second-order valence-electron chi connectivity index (χ2n) is 4.55. The fourth-order valence-corrected chi connectivity index (χ4v) is 2.73. The van der Waals surface area contributed by atoms with Crippen molar-refractivity contribution in [2.45, 2.75) is 24.5 Å². The van der Waals surface area contributed by atoms with Crippen LogP contribution in [0.15, 0.2) is 24.3 Å². The molecule has 4 N–H and O–H groups in total. The van der Waals surface area contributed by atoms with Gasteiger partial charge in [0.2, 0.25) is 0 Å². The van der Waals surface area contributed by atoms with Crippen LogP contribution in [0, 0.1) is 4.77 Å². The van der Waals surface area contributed by atoms with Crippen LogP contribution in [0.3, 0.4) is 0 Å². The van der Waals surface area contributed by atoms with Gasteiger partial charge >= 0.3 is 0 Å². The molecule has 4 atom stereocenters. The minimum Gasteiger partial charge on any atom is -0.394 e. The number of imidazole rings is 1. The Labute approximate surface area is 113 Å². The quantitative estimate of drug-likeness (QED) is 0.595. The van der Waals surface area contributed by atoms with Gasteiger partial charge in [-0.3, -0.25) is 4.57 Å². The van der Waals surface area contributed by atoms with Crippen molar-refractivity contribution in [1.82, 2.24) is 9.55 Å². The van der Waals surface area contributed by atoms with Crippen LogP contribution in [0.25, 0.3) is 11.0 Å². The average Bonchev–Trinajstić information content (AvgIpc) is 2.88. The molecule has 1 aromatic carbocycles. The molecule has 19 heavy (non-hydrogen) atoms. The van der Waals surface area contributed by atoms with Gasteiger partial charge in [0.1, 0.15) is 18.3 Å². The summed E-state index contributed by atoms with van der Waals surface area (Å²) in [5.74, 6) is 0. The van der Waals surface area contributed by atoms with Crippen LogP contribution < -0.4 is 0 Å². The number of nitrogens with zero attached hydrogens (tertiary/aromatic N) is 1. The van der Waals surface area contributed by atoms with E-state index < -0.39 is 24.5 Å².